The standard InChI is InChI=1S/C18H22F3IN2O2S/c1-6-14(16(22)23-15(7-2)18(19,20)21)24-27(25,26)13-10-8-9-12(11-13)17(3,4)5/h6-11,24H,1-5H3/b14-6+,15-7+,23-16+. The fourth-order valence-corrected chi connectivity index (χ4v) is 4.06. The molecule has 0 fully saturated rings. The second kappa shape index (κ2) is 8.76. The first-order valence-corrected chi connectivity index (χ1v) is 10.6. The van der Waals surface area contributed by atoms with Gasteiger partial charge in [-0.2, -0.15) is 13.2 Å². The van der Waals surface area contributed by atoms with Crippen molar-refractivity contribution < 1.29 is 21.6 Å². The summed E-state index contributed by atoms with van der Waals surface area (Å²) in [5, 5.41) is 0. The maximum Gasteiger partial charge on any atom is 0.433 e. The molecule has 150 valence electrons. The van der Waals surface area contributed by atoms with Crippen molar-refractivity contribution in [2.24, 2.45) is 4.99 Å². The summed E-state index contributed by atoms with van der Waals surface area (Å²) in [6.07, 6.45) is -2.43. The molecule has 0 heterocycles. The highest BCUT2D eigenvalue weighted by atomic mass is 127. The largest absolute Gasteiger partial charge is 0.433 e. The Bertz CT molecular complexity index is 881. The van der Waals surface area contributed by atoms with Crippen molar-refractivity contribution in [2.75, 3.05) is 0 Å². The van der Waals surface area contributed by atoms with E-state index in [2.05, 4.69) is 9.71 Å². The van der Waals surface area contributed by atoms with Crippen LogP contribution in [0.2, 0.25) is 0 Å². The van der Waals surface area contributed by atoms with Crippen molar-refractivity contribution in [1.29, 1.82) is 0 Å². The van der Waals surface area contributed by atoms with E-state index in [1.807, 2.05) is 26.8 Å². The molecule has 9 heteroatoms. The molecule has 0 saturated heterocycles. The number of hydrogen-bond acceptors (Lipinski definition) is 3. The average molecular weight is 514 g/mol. The molecule has 0 bridgehead atoms. The third kappa shape index (κ3) is 6.63. The summed E-state index contributed by atoms with van der Waals surface area (Å²) in [5.74, 6) is 0. The smallest absolute Gasteiger partial charge is 0.277 e. The molecule has 0 saturated carbocycles. The van der Waals surface area contributed by atoms with E-state index >= 15 is 0 Å². The summed E-state index contributed by atoms with van der Waals surface area (Å²) in [7, 11) is -3.98. The van der Waals surface area contributed by atoms with Gasteiger partial charge in [0, 0.05) is 0 Å². The molecule has 0 aliphatic rings. The lowest BCUT2D eigenvalue weighted by Gasteiger charge is -2.20. The van der Waals surface area contributed by atoms with E-state index in [1.165, 1.54) is 26.0 Å². The van der Waals surface area contributed by atoms with Crippen LogP contribution < -0.4 is 4.72 Å². The van der Waals surface area contributed by atoms with E-state index in [0.717, 1.165) is 11.6 Å². The molecule has 1 rings (SSSR count). The fourth-order valence-electron chi connectivity index (χ4n) is 2.01. The second-order valence-electron chi connectivity index (χ2n) is 6.66. The zero-order valence-corrected chi connectivity index (χ0v) is 18.6. The van der Waals surface area contributed by atoms with Crippen LogP contribution in [-0.2, 0) is 15.4 Å². The van der Waals surface area contributed by atoms with Crippen molar-refractivity contribution >= 4 is 36.3 Å². The maximum atomic E-state index is 12.9. The zero-order chi connectivity index (χ0) is 21.0. The van der Waals surface area contributed by atoms with Gasteiger partial charge >= 0.3 is 6.18 Å². The van der Waals surface area contributed by atoms with E-state index in [4.69, 9.17) is 0 Å². The number of sulfonamides is 1. The Morgan fingerprint density at radius 2 is 1.74 bits per heavy atom. The van der Waals surface area contributed by atoms with Crippen molar-refractivity contribution in [2.45, 2.75) is 51.1 Å². The molecule has 0 amide bonds. The monoisotopic (exact) mass is 514 g/mol. The Hall–Kier alpha value is -1.36. The van der Waals surface area contributed by atoms with Crippen LogP contribution in [0.1, 0.15) is 40.2 Å². The van der Waals surface area contributed by atoms with Crippen LogP contribution in [0.25, 0.3) is 0 Å². The van der Waals surface area contributed by atoms with Crippen LogP contribution in [-0.4, -0.2) is 18.3 Å². The molecule has 1 N–H and O–H groups in total. The number of alkyl halides is 3. The predicted molar refractivity (Wildman–Crippen MR) is 110 cm³/mol. The Kier molecular flexibility index (Phi) is 7.69. The highest BCUT2D eigenvalue weighted by molar-refractivity contribution is 14.1. The van der Waals surface area contributed by atoms with E-state index in [0.29, 0.717) is 0 Å². The van der Waals surface area contributed by atoms with Crippen LogP contribution in [0.15, 0.2) is 57.7 Å². The third-order valence-electron chi connectivity index (χ3n) is 3.55. The number of hydrogen-bond donors (Lipinski definition) is 1. The van der Waals surface area contributed by atoms with Gasteiger partial charge in [-0.3, -0.25) is 4.72 Å². The van der Waals surface area contributed by atoms with Gasteiger partial charge in [0.2, 0.25) is 0 Å². The molecule has 27 heavy (non-hydrogen) atoms. The Morgan fingerprint density at radius 3 is 2.19 bits per heavy atom. The van der Waals surface area contributed by atoms with E-state index in [1.54, 1.807) is 34.7 Å². The van der Waals surface area contributed by atoms with Gasteiger partial charge < -0.3 is 0 Å². The molecule has 0 aromatic heterocycles. The molecule has 1 aromatic rings. The Morgan fingerprint density at radius 1 is 1.15 bits per heavy atom. The summed E-state index contributed by atoms with van der Waals surface area (Å²) in [5.41, 5.74) is -0.553. The van der Waals surface area contributed by atoms with Crippen LogP contribution >= 0.6 is 22.6 Å². The number of allylic oxidation sites excluding steroid dienone is 4. The van der Waals surface area contributed by atoms with Crippen LogP contribution in [0.3, 0.4) is 0 Å². The molecule has 1 aromatic carbocycles. The minimum Gasteiger partial charge on any atom is -0.277 e. The van der Waals surface area contributed by atoms with Crippen molar-refractivity contribution in [3.8, 4) is 0 Å². The lowest BCUT2D eigenvalue weighted by atomic mass is 9.87. The first-order chi connectivity index (χ1) is 12.2. The zero-order valence-electron chi connectivity index (χ0n) is 15.6. The fraction of sp³-hybridized carbons (Fsp3) is 0.389. The topological polar surface area (TPSA) is 58.5 Å². The van der Waals surface area contributed by atoms with Gasteiger partial charge in [0.15, 0.2) is 0 Å². The predicted octanol–water partition coefficient (Wildman–Crippen LogP) is 5.47. The average Bonchev–Trinajstić information content (AvgIpc) is 2.55. The highest BCUT2D eigenvalue weighted by Crippen LogP contribution is 2.28. The number of benzene rings is 1. The summed E-state index contributed by atoms with van der Waals surface area (Å²) in [6, 6.07) is 6.43. The summed E-state index contributed by atoms with van der Waals surface area (Å²) >= 11 is 1.58. The van der Waals surface area contributed by atoms with Crippen molar-refractivity contribution in [1.82, 2.24) is 4.72 Å². The number of halogens is 4. The number of rotatable bonds is 5. The minimum absolute atomic E-state index is 0.0274. The van der Waals surface area contributed by atoms with Gasteiger partial charge in [0.25, 0.3) is 10.0 Å². The van der Waals surface area contributed by atoms with Gasteiger partial charge in [-0.1, -0.05) is 45.1 Å². The lowest BCUT2D eigenvalue weighted by Crippen LogP contribution is -2.26. The SMILES string of the molecule is C\C=C(NS(=O)(=O)c1cccc(C(C)(C)C)c1)/C(I)=N\C(=C\C)C(F)(F)F. The second-order valence-corrected chi connectivity index (χ2v) is 9.36. The summed E-state index contributed by atoms with van der Waals surface area (Å²) in [6.45, 7) is 8.59. The highest BCUT2D eigenvalue weighted by Gasteiger charge is 2.33. The number of nitrogens with one attached hydrogen (secondary N) is 1. The number of aliphatic imine (C=N–C) groups is 1. The van der Waals surface area contributed by atoms with Crippen LogP contribution in [0.5, 0.6) is 0 Å². The van der Waals surface area contributed by atoms with E-state index in [9.17, 15) is 21.6 Å². The van der Waals surface area contributed by atoms with Crippen molar-refractivity contribution in [3.05, 3.63) is 53.4 Å². The molecule has 0 aliphatic carbocycles. The van der Waals surface area contributed by atoms with Gasteiger partial charge in [0.1, 0.15) is 9.42 Å². The van der Waals surface area contributed by atoms with Gasteiger partial charge in [-0.05, 0) is 59.5 Å². The quantitative estimate of drug-likeness (QED) is 0.419. The van der Waals surface area contributed by atoms with Gasteiger partial charge in [0.05, 0.1) is 10.6 Å². The molecule has 0 aliphatic heterocycles. The third-order valence-corrected chi connectivity index (χ3v) is 5.73. The summed E-state index contributed by atoms with van der Waals surface area (Å²) < 4.78 is 66.2. The first-order valence-electron chi connectivity index (χ1n) is 8.00. The Balaban J connectivity index is 3.24. The molecule has 0 atom stereocenters. The lowest BCUT2D eigenvalue weighted by molar-refractivity contribution is -0.0923. The van der Waals surface area contributed by atoms with Gasteiger partial charge in [-0.25, -0.2) is 13.4 Å². The molecule has 4 nitrogen and oxygen atoms in total. The maximum absolute atomic E-state index is 12.9. The molecular weight excluding hydrogens is 492 g/mol. The van der Waals surface area contributed by atoms with Crippen LogP contribution in [0.4, 0.5) is 13.2 Å². The van der Waals surface area contributed by atoms with E-state index < -0.39 is 21.9 Å². The van der Waals surface area contributed by atoms with Crippen molar-refractivity contribution in [3.63, 3.8) is 0 Å². The van der Waals surface area contributed by atoms with E-state index in [-0.39, 0.29) is 19.7 Å². The Labute approximate surface area is 171 Å². The van der Waals surface area contributed by atoms with Crippen LogP contribution in [0, 0.1) is 0 Å². The van der Waals surface area contributed by atoms with Gasteiger partial charge in [-0.15, -0.1) is 0 Å². The molecule has 0 unspecified atom stereocenters. The normalized spacial score (nSPS) is 15.1. The minimum atomic E-state index is -4.62. The molecule has 0 radical (unpaired) electrons. The first kappa shape index (κ1) is 23.7. The molecular formula is C18H22F3IN2O2S. The summed E-state index contributed by atoms with van der Waals surface area (Å²) in [4.78, 5) is 3.54. The molecule has 0 spiro atoms. The number of nitrogens with zero attached hydrogens (tertiary/aromatic N) is 1.